The molecule has 0 spiro atoms. The highest BCUT2D eigenvalue weighted by Gasteiger charge is 2.37. The van der Waals surface area contributed by atoms with Gasteiger partial charge in [-0.15, -0.1) is 11.0 Å². The Morgan fingerprint density at radius 3 is 2.57 bits per heavy atom. The summed E-state index contributed by atoms with van der Waals surface area (Å²) in [6.07, 6.45) is 1.62. The van der Waals surface area contributed by atoms with Gasteiger partial charge < -0.3 is 0 Å². The van der Waals surface area contributed by atoms with E-state index in [9.17, 15) is 8.42 Å². The van der Waals surface area contributed by atoms with Crippen molar-refractivity contribution in [3.63, 3.8) is 0 Å². The maximum absolute atomic E-state index is 11.1. The van der Waals surface area contributed by atoms with E-state index in [0.29, 0.717) is 12.1 Å². The van der Waals surface area contributed by atoms with E-state index in [1.165, 1.54) is 0 Å². The van der Waals surface area contributed by atoms with Crippen LogP contribution in [0.15, 0.2) is 17.1 Å². The highest BCUT2D eigenvalue weighted by molar-refractivity contribution is 7.85. The molecule has 0 N–H and O–H groups in total. The third-order valence-electron chi connectivity index (χ3n) is 1.90. The molecule has 0 aromatic heterocycles. The summed E-state index contributed by atoms with van der Waals surface area (Å²) in [6, 6.07) is 0. The summed E-state index contributed by atoms with van der Waals surface area (Å²) < 4.78 is 30.7. The Morgan fingerprint density at radius 2 is 2.14 bits per heavy atom. The fourth-order valence-electron chi connectivity index (χ4n) is 1.32. The Bertz CT molecular complexity index is 362. The van der Waals surface area contributed by atoms with Crippen LogP contribution in [0.4, 0.5) is 0 Å². The Labute approximate surface area is 84.9 Å². The van der Waals surface area contributed by atoms with Crippen molar-refractivity contribution in [2.45, 2.75) is 33.3 Å². The van der Waals surface area contributed by atoms with Crippen molar-refractivity contribution in [2.24, 2.45) is 9.81 Å². The third-order valence-corrected chi connectivity index (χ3v) is 2.80. The molecule has 0 saturated heterocycles. The molecule has 1 heterocycles. The molecule has 4 nitrogen and oxygen atoms in total. The minimum absolute atomic E-state index is 0.294. The first-order chi connectivity index (χ1) is 6.26. The molecule has 0 aromatic carbocycles. The van der Waals surface area contributed by atoms with Gasteiger partial charge in [0.15, 0.2) is 0 Å². The van der Waals surface area contributed by atoms with Crippen molar-refractivity contribution in [3.05, 3.63) is 12.7 Å². The van der Waals surface area contributed by atoms with E-state index in [-0.39, 0.29) is 5.41 Å². The van der Waals surface area contributed by atoms with E-state index in [4.69, 9.17) is 4.18 Å². The van der Waals surface area contributed by atoms with E-state index >= 15 is 0 Å². The summed E-state index contributed by atoms with van der Waals surface area (Å²) in [5.41, 5.74) is 0.273. The molecule has 1 aliphatic heterocycles. The molecule has 0 saturated carbocycles. The maximum Gasteiger partial charge on any atom is 0.381 e. The Hall–Kier alpha value is -0.680. The minimum atomic E-state index is -3.71. The SMILES string of the molecule is C=CCC1OS(=O)(=O)N=C1C(C)(C)C. The Kier molecular flexibility index (Phi) is 2.83. The number of hydrogen-bond donors (Lipinski definition) is 0. The van der Waals surface area contributed by atoms with E-state index < -0.39 is 16.4 Å². The molecule has 0 radical (unpaired) electrons. The molecule has 1 unspecified atom stereocenters. The molecule has 0 amide bonds. The predicted molar refractivity (Wildman–Crippen MR) is 55.5 cm³/mol. The summed E-state index contributed by atoms with van der Waals surface area (Å²) in [5, 5.41) is 0. The molecular formula is C9H15NO3S. The van der Waals surface area contributed by atoms with E-state index in [1.54, 1.807) is 6.08 Å². The van der Waals surface area contributed by atoms with Crippen LogP contribution < -0.4 is 0 Å². The fraction of sp³-hybridized carbons (Fsp3) is 0.667. The highest BCUT2D eigenvalue weighted by Crippen LogP contribution is 2.28. The van der Waals surface area contributed by atoms with Gasteiger partial charge in [0, 0.05) is 5.41 Å². The van der Waals surface area contributed by atoms with Crippen molar-refractivity contribution in [3.8, 4) is 0 Å². The maximum atomic E-state index is 11.1. The molecule has 0 aliphatic carbocycles. The lowest BCUT2D eigenvalue weighted by Gasteiger charge is -2.21. The van der Waals surface area contributed by atoms with Gasteiger partial charge in [0.05, 0.1) is 5.71 Å². The highest BCUT2D eigenvalue weighted by atomic mass is 32.2. The zero-order valence-corrected chi connectivity index (χ0v) is 9.47. The normalized spacial score (nSPS) is 25.9. The smallest absolute Gasteiger partial charge is 0.242 e. The second-order valence-corrected chi connectivity index (χ2v) is 5.49. The van der Waals surface area contributed by atoms with Crippen molar-refractivity contribution >= 4 is 16.0 Å². The van der Waals surface area contributed by atoms with Gasteiger partial charge in [0.25, 0.3) is 0 Å². The van der Waals surface area contributed by atoms with Crippen LogP contribution in [-0.2, 0) is 14.5 Å². The van der Waals surface area contributed by atoms with Gasteiger partial charge in [-0.2, -0.15) is 8.42 Å². The van der Waals surface area contributed by atoms with Gasteiger partial charge >= 0.3 is 10.3 Å². The van der Waals surface area contributed by atoms with Crippen LogP contribution in [0.1, 0.15) is 27.2 Å². The molecule has 0 aromatic rings. The summed E-state index contributed by atoms with van der Waals surface area (Å²) in [4.78, 5) is 0. The van der Waals surface area contributed by atoms with Crippen LogP contribution >= 0.6 is 0 Å². The summed E-state index contributed by atoms with van der Waals surface area (Å²) in [6.45, 7) is 9.29. The van der Waals surface area contributed by atoms with Crippen LogP contribution in [0.2, 0.25) is 0 Å². The van der Waals surface area contributed by atoms with Crippen LogP contribution in [0.5, 0.6) is 0 Å². The van der Waals surface area contributed by atoms with Gasteiger partial charge in [-0.25, -0.2) is 4.18 Å². The average Bonchev–Trinajstić information content (AvgIpc) is 2.25. The van der Waals surface area contributed by atoms with Crippen LogP contribution in [-0.4, -0.2) is 20.2 Å². The lowest BCUT2D eigenvalue weighted by Crippen LogP contribution is -2.30. The fourth-order valence-corrected chi connectivity index (χ4v) is 2.45. The molecule has 0 fully saturated rings. The first kappa shape index (κ1) is 11.4. The topological polar surface area (TPSA) is 55.7 Å². The van der Waals surface area contributed by atoms with Gasteiger partial charge in [0.1, 0.15) is 6.10 Å². The van der Waals surface area contributed by atoms with Crippen molar-refractivity contribution in [2.75, 3.05) is 0 Å². The number of hydrogen-bond acceptors (Lipinski definition) is 3. The van der Waals surface area contributed by atoms with Crippen molar-refractivity contribution in [1.29, 1.82) is 0 Å². The van der Waals surface area contributed by atoms with Gasteiger partial charge in [-0.05, 0) is 6.42 Å². The Balaban J connectivity index is 3.05. The summed E-state index contributed by atoms with van der Waals surface area (Å²) in [5.74, 6) is 0. The molecular weight excluding hydrogens is 202 g/mol. The largest absolute Gasteiger partial charge is 0.381 e. The van der Waals surface area contributed by atoms with E-state index in [2.05, 4.69) is 11.0 Å². The second-order valence-electron chi connectivity index (χ2n) is 4.26. The second kappa shape index (κ2) is 3.47. The van der Waals surface area contributed by atoms with Gasteiger partial charge in [0.2, 0.25) is 0 Å². The first-order valence-corrected chi connectivity index (χ1v) is 5.77. The average molecular weight is 217 g/mol. The van der Waals surface area contributed by atoms with Gasteiger partial charge in [-0.1, -0.05) is 26.8 Å². The summed E-state index contributed by atoms with van der Waals surface area (Å²) in [7, 11) is -3.71. The van der Waals surface area contributed by atoms with Crippen LogP contribution in [0.25, 0.3) is 0 Å². The number of rotatable bonds is 2. The van der Waals surface area contributed by atoms with Crippen LogP contribution in [0, 0.1) is 5.41 Å². The van der Waals surface area contributed by atoms with Gasteiger partial charge in [-0.3, -0.25) is 0 Å². The van der Waals surface area contributed by atoms with Crippen molar-refractivity contribution in [1.82, 2.24) is 0 Å². The number of nitrogens with zero attached hydrogens (tertiary/aromatic N) is 1. The monoisotopic (exact) mass is 217 g/mol. The molecule has 80 valence electrons. The first-order valence-electron chi connectivity index (χ1n) is 4.41. The zero-order valence-electron chi connectivity index (χ0n) is 8.65. The minimum Gasteiger partial charge on any atom is -0.242 e. The van der Waals surface area contributed by atoms with E-state index in [0.717, 1.165) is 0 Å². The lowest BCUT2D eigenvalue weighted by molar-refractivity contribution is 0.278. The standard InChI is InChI=1S/C9H15NO3S/c1-5-6-7-8(9(2,3)4)10-14(11,12)13-7/h5,7H,1,6H2,2-4H3. The molecule has 1 aliphatic rings. The lowest BCUT2D eigenvalue weighted by atomic mass is 9.86. The molecule has 1 rings (SSSR count). The molecule has 0 bridgehead atoms. The van der Waals surface area contributed by atoms with Crippen molar-refractivity contribution < 1.29 is 12.6 Å². The molecule has 1 atom stereocenters. The Morgan fingerprint density at radius 1 is 1.57 bits per heavy atom. The predicted octanol–water partition coefficient (Wildman–Crippen LogP) is 1.69. The quantitative estimate of drug-likeness (QED) is 0.661. The molecule has 5 heteroatoms. The third kappa shape index (κ3) is 2.42. The van der Waals surface area contributed by atoms with Crippen LogP contribution in [0.3, 0.4) is 0 Å². The van der Waals surface area contributed by atoms with E-state index in [1.807, 2.05) is 20.8 Å². The summed E-state index contributed by atoms with van der Waals surface area (Å²) >= 11 is 0. The molecule has 14 heavy (non-hydrogen) atoms. The zero-order chi connectivity index (χ0) is 11.0.